The molecule has 0 atom stereocenters. The number of methoxy groups -OCH3 is 1. The van der Waals surface area contributed by atoms with Crippen LogP contribution in [0.1, 0.15) is 16.7 Å². The number of hydrogen-bond acceptors (Lipinski definition) is 5. The summed E-state index contributed by atoms with van der Waals surface area (Å²) in [4.78, 5) is 0.100. The number of hydrogen-bond donors (Lipinski definition) is 2. The Bertz CT molecular complexity index is 1110. The molecule has 0 bridgehead atoms. The van der Waals surface area contributed by atoms with Crippen molar-refractivity contribution in [3.63, 3.8) is 0 Å². The lowest BCUT2D eigenvalue weighted by Crippen LogP contribution is -2.17. The van der Waals surface area contributed by atoms with Gasteiger partial charge in [-0.3, -0.25) is 0 Å². The zero-order valence-corrected chi connectivity index (χ0v) is 19.2. The quantitative estimate of drug-likeness (QED) is 0.430. The second kappa shape index (κ2) is 11.8. The normalized spacial score (nSPS) is 11.0. The fourth-order valence-electron chi connectivity index (χ4n) is 3.06. The molecular formula is C23H26ClFN2O4S. The molecule has 0 radical (unpaired) electrons. The van der Waals surface area contributed by atoms with Gasteiger partial charge in [0.2, 0.25) is 10.0 Å². The third kappa shape index (κ3) is 7.20. The molecule has 3 aromatic rings. The van der Waals surface area contributed by atoms with Gasteiger partial charge < -0.3 is 14.8 Å². The molecule has 9 heteroatoms. The van der Waals surface area contributed by atoms with Crippen LogP contribution in [0.3, 0.4) is 0 Å². The van der Waals surface area contributed by atoms with Crippen molar-refractivity contribution in [3.05, 3.63) is 89.2 Å². The summed E-state index contributed by atoms with van der Waals surface area (Å²) in [6.07, 6.45) is 0.723. The molecule has 3 rings (SSSR count). The van der Waals surface area contributed by atoms with Gasteiger partial charge in [-0.2, -0.15) is 0 Å². The second-order valence-corrected chi connectivity index (χ2v) is 8.54. The first kappa shape index (κ1) is 25.6. The Kier molecular flexibility index (Phi) is 9.46. The first-order chi connectivity index (χ1) is 14.9. The van der Waals surface area contributed by atoms with Crippen LogP contribution in [-0.2, 0) is 29.6 Å². The topological polar surface area (TPSA) is 90.6 Å². The SMILES string of the molecule is COc1cccc(CNCCc2ccc(S(N)(=O)=O)cc2)c1OCc1ccc(F)cc1.Cl. The lowest BCUT2D eigenvalue weighted by atomic mass is 10.1. The third-order valence-corrected chi connectivity index (χ3v) is 5.66. The van der Waals surface area contributed by atoms with Gasteiger partial charge >= 0.3 is 0 Å². The van der Waals surface area contributed by atoms with Crippen molar-refractivity contribution in [3.8, 4) is 11.5 Å². The third-order valence-electron chi connectivity index (χ3n) is 4.73. The van der Waals surface area contributed by atoms with Gasteiger partial charge in [-0.25, -0.2) is 17.9 Å². The minimum Gasteiger partial charge on any atom is -0.493 e. The molecule has 0 unspecified atom stereocenters. The lowest BCUT2D eigenvalue weighted by molar-refractivity contribution is 0.280. The van der Waals surface area contributed by atoms with Crippen molar-refractivity contribution < 1.29 is 22.3 Å². The number of benzene rings is 3. The molecule has 0 aromatic heterocycles. The average Bonchev–Trinajstić information content (AvgIpc) is 2.76. The molecule has 0 spiro atoms. The Labute approximate surface area is 194 Å². The Morgan fingerprint density at radius 1 is 0.969 bits per heavy atom. The first-order valence-corrected chi connectivity index (χ1v) is 11.3. The van der Waals surface area contributed by atoms with Gasteiger partial charge in [-0.1, -0.05) is 36.4 Å². The first-order valence-electron chi connectivity index (χ1n) is 9.72. The van der Waals surface area contributed by atoms with Gasteiger partial charge in [0.25, 0.3) is 0 Å². The van der Waals surface area contributed by atoms with Crippen molar-refractivity contribution >= 4 is 22.4 Å². The van der Waals surface area contributed by atoms with Crippen LogP contribution in [0.4, 0.5) is 4.39 Å². The van der Waals surface area contributed by atoms with Crippen LogP contribution in [0.15, 0.2) is 71.6 Å². The Balaban J connectivity index is 0.00000363. The lowest BCUT2D eigenvalue weighted by Gasteiger charge is -2.16. The Morgan fingerprint density at radius 2 is 1.62 bits per heavy atom. The molecule has 32 heavy (non-hydrogen) atoms. The smallest absolute Gasteiger partial charge is 0.238 e. The minimum atomic E-state index is -3.68. The maximum atomic E-state index is 13.1. The molecule has 3 aromatic carbocycles. The van der Waals surface area contributed by atoms with Crippen LogP contribution >= 0.6 is 12.4 Å². The van der Waals surface area contributed by atoms with E-state index >= 15 is 0 Å². The van der Waals surface area contributed by atoms with Crippen LogP contribution in [0, 0.1) is 5.82 Å². The van der Waals surface area contributed by atoms with E-state index in [2.05, 4.69) is 5.32 Å². The van der Waals surface area contributed by atoms with E-state index in [0.29, 0.717) is 31.2 Å². The maximum absolute atomic E-state index is 13.1. The highest BCUT2D eigenvalue weighted by atomic mass is 35.5. The van der Waals surface area contributed by atoms with Gasteiger partial charge in [-0.15, -0.1) is 12.4 Å². The standard InChI is InChI=1S/C23H25FN2O4S.ClH/c1-29-22-4-2-3-19(23(22)30-16-18-5-9-20(24)10-6-18)15-26-14-13-17-7-11-21(12-8-17)31(25,27)28;/h2-12,26H,13-16H2,1H3,(H2,25,27,28);1H. The number of rotatable bonds is 10. The highest BCUT2D eigenvalue weighted by molar-refractivity contribution is 7.89. The van der Waals surface area contributed by atoms with Gasteiger partial charge in [0.15, 0.2) is 11.5 Å². The molecule has 0 aliphatic heterocycles. The number of sulfonamides is 1. The summed E-state index contributed by atoms with van der Waals surface area (Å²) in [5.41, 5.74) is 2.79. The Hall–Kier alpha value is -2.65. The fraction of sp³-hybridized carbons (Fsp3) is 0.217. The highest BCUT2D eigenvalue weighted by Crippen LogP contribution is 2.31. The zero-order chi connectivity index (χ0) is 22.3. The van der Waals surface area contributed by atoms with Crippen LogP contribution in [-0.4, -0.2) is 22.1 Å². The van der Waals surface area contributed by atoms with Crippen molar-refractivity contribution in [1.29, 1.82) is 0 Å². The predicted molar refractivity (Wildman–Crippen MR) is 124 cm³/mol. The molecule has 0 aliphatic carbocycles. The number of primary sulfonamides is 1. The average molecular weight is 481 g/mol. The van der Waals surface area contributed by atoms with E-state index in [1.807, 2.05) is 18.2 Å². The summed E-state index contributed by atoms with van der Waals surface area (Å²) >= 11 is 0. The van der Waals surface area contributed by atoms with E-state index in [0.717, 1.165) is 23.1 Å². The van der Waals surface area contributed by atoms with Gasteiger partial charge in [0.05, 0.1) is 12.0 Å². The van der Waals surface area contributed by atoms with E-state index < -0.39 is 10.0 Å². The summed E-state index contributed by atoms with van der Waals surface area (Å²) in [7, 11) is -2.09. The van der Waals surface area contributed by atoms with Crippen molar-refractivity contribution in [2.24, 2.45) is 5.14 Å². The summed E-state index contributed by atoms with van der Waals surface area (Å²) in [5.74, 6) is 0.976. The van der Waals surface area contributed by atoms with Gasteiger partial charge in [-0.05, 0) is 54.4 Å². The predicted octanol–water partition coefficient (Wildman–Crippen LogP) is 3.81. The molecular weight excluding hydrogens is 455 g/mol. The van der Waals surface area contributed by atoms with E-state index in [-0.39, 0.29) is 23.1 Å². The minimum absolute atomic E-state index is 0. The molecule has 0 amide bonds. The monoisotopic (exact) mass is 480 g/mol. The molecule has 6 nitrogen and oxygen atoms in total. The summed E-state index contributed by atoms with van der Waals surface area (Å²) in [5, 5.41) is 8.48. The molecule has 0 aliphatic rings. The second-order valence-electron chi connectivity index (χ2n) is 6.98. The summed E-state index contributed by atoms with van der Waals surface area (Å²) in [6.45, 7) is 1.54. The maximum Gasteiger partial charge on any atom is 0.238 e. The molecule has 0 saturated carbocycles. The summed E-state index contributed by atoms with van der Waals surface area (Å²) in [6, 6.07) is 18.4. The van der Waals surface area contributed by atoms with Crippen molar-refractivity contribution in [2.45, 2.75) is 24.5 Å². The number of ether oxygens (including phenoxy) is 2. The summed E-state index contributed by atoms with van der Waals surface area (Å²) < 4.78 is 47.2. The molecule has 172 valence electrons. The number of nitrogens with two attached hydrogens (primary N) is 1. The van der Waals surface area contributed by atoms with E-state index in [9.17, 15) is 12.8 Å². The Morgan fingerprint density at radius 3 is 2.25 bits per heavy atom. The number of para-hydroxylation sites is 1. The molecule has 0 heterocycles. The van der Waals surface area contributed by atoms with Crippen LogP contribution in [0.5, 0.6) is 11.5 Å². The highest BCUT2D eigenvalue weighted by Gasteiger charge is 2.11. The molecule has 0 saturated heterocycles. The number of halogens is 2. The van der Waals surface area contributed by atoms with Crippen LogP contribution in [0.25, 0.3) is 0 Å². The van der Waals surface area contributed by atoms with E-state index in [4.69, 9.17) is 14.6 Å². The van der Waals surface area contributed by atoms with E-state index in [1.54, 1.807) is 31.4 Å². The zero-order valence-electron chi connectivity index (χ0n) is 17.6. The molecule has 0 fully saturated rings. The van der Waals surface area contributed by atoms with Crippen LogP contribution < -0.4 is 19.9 Å². The number of nitrogens with one attached hydrogen (secondary N) is 1. The van der Waals surface area contributed by atoms with Gasteiger partial charge in [0.1, 0.15) is 12.4 Å². The van der Waals surface area contributed by atoms with Gasteiger partial charge in [0, 0.05) is 12.1 Å². The fourth-order valence-corrected chi connectivity index (χ4v) is 3.58. The van der Waals surface area contributed by atoms with Crippen molar-refractivity contribution in [1.82, 2.24) is 5.32 Å². The van der Waals surface area contributed by atoms with E-state index in [1.165, 1.54) is 24.3 Å². The largest absolute Gasteiger partial charge is 0.493 e. The van der Waals surface area contributed by atoms with Crippen molar-refractivity contribution in [2.75, 3.05) is 13.7 Å². The van der Waals surface area contributed by atoms with Crippen LogP contribution in [0.2, 0.25) is 0 Å². The molecule has 3 N–H and O–H groups in total.